The van der Waals surface area contributed by atoms with Crippen molar-refractivity contribution in [1.82, 2.24) is 10.2 Å². The number of nitrogens with zero attached hydrogens (tertiary/aromatic N) is 1. The molecule has 0 radical (unpaired) electrons. The molecule has 1 aliphatic rings. The number of nitrogens with one attached hydrogen (secondary N) is 1. The zero-order valence-electron chi connectivity index (χ0n) is 13.0. The standard InChI is InChI=1S/C15H30N2O2/c1-5-11-17(13-8-9-13)12-7-10-15(3,16-4)14(18)19-6-2/h13,16H,5-12H2,1-4H3. The molecule has 1 unspecified atom stereocenters. The third-order valence-corrected chi connectivity index (χ3v) is 3.97. The van der Waals surface area contributed by atoms with Gasteiger partial charge in [0.25, 0.3) is 0 Å². The van der Waals surface area contributed by atoms with Gasteiger partial charge in [-0.05, 0) is 66.1 Å². The SMILES string of the molecule is CCCN(CCCC(C)(NC)C(=O)OCC)C1CC1. The van der Waals surface area contributed by atoms with Gasteiger partial charge in [0.05, 0.1) is 6.61 Å². The minimum Gasteiger partial charge on any atom is -0.465 e. The molecule has 0 heterocycles. The minimum atomic E-state index is -0.544. The number of esters is 1. The third-order valence-electron chi connectivity index (χ3n) is 3.97. The Kier molecular flexibility index (Phi) is 6.80. The summed E-state index contributed by atoms with van der Waals surface area (Å²) in [7, 11) is 1.83. The Bertz CT molecular complexity index is 279. The van der Waals surface area contributed by atoms with E-state index in [2.05, 4.69) is 17.1 Å². The third kappa shape index (κ3) is 5.11. The van der Waals surface area contributed by atoms with E-state index in [1.807, 2.05) is 20.9 Å². The van der Waals surface area contributed by atoms with Crippen molar-refractivity contribution in [3.05, 3.63) is 0 Å². The summed E-state index contributed by atoms with van der Waals surface area (Å²) in [5, 5.41) is 3.12. The van der Waals surface area contributed by atoms with E-state index >= 15 is 0 Å². The summed E-state index contributed by atoms with van der Waals surface area (Å²) >= 11 is 0. The van der Waals surface area contributed by atoms with Crippen molar-refractivity contribution in [2.24, 2.45) is 0 Å². The van der Waals surface area contributed by atoms with Crippen LogP contribution in [0, 0.1) is 0 Å². The highest BCUT2D eigenvalue weighted by Gasteiger charge is 2.33. The molecule has 0 saturated heterocycles. The number of carbonyl (C=O) groups is 1. The molecule has 112 valence electrons. The van der Waals surface area contributed by atoms with E-state index in [-0.39, 0.29) is 5.97 Å². The van der Waals surface area contributed by atoms with Gasteiger partial charge in [0.1, 0.15) is 5.54 Å². The Hall–Kier alpha value is -0.610. The second kappa shape index (κ2) is 7.85. The Morgan fingerprint density at radius 1 is 1.37 bits per heavy atom. The number of carbonyl (C=O) groups excluding carboxylic acids is 1. The first-order valence-corrected chi connectivity index (χ1v) is 7.67. The quantitative estimate of drug-likeness (QED) is 0.618. The van der Waals surface area contributed by atoms with Crippen molar-refractivity contribution >= 4 is 5.97 Å². The lowest BCUT2D eigenvalue weighted by Crippen LogP contribution is -2.49. The fourth-order valence-electron chi connectivity index (χ4n) is 2.46. The molecule has 0 aromatic heterocycles. The molecule has 0 amide bonds. The number of likely N-dealkylation sites (N-methyl/N-ethyl adjacent to an activating group) is 1. The van der Waals surface area contributed by atoms with Gasteiger partial charge in [-0.15, -0.1) is 0 Å². The highest BCUT2D eigenvalue weighted by molar-refractivity contribution is 5.80. The maximum atomic E-state index is 11.9. The van der Waals surface area contributed by atoms with Gasteiger partial charge >= 0.3 is 5.97 Å². The van der Waals surface area contributed by atoms with Gasteiger partial charge in [0, 0.05) is 6.04 Å². The molecule has 1 aliphatic carbocycles. The van der Waals surface area contributed by atoms with E-state index in [9.17, 15) is 4.79 Å². The normalized spacial score (nSPS) is 18.4. The Morgan fingerprint density at radius 2 is 2.05 bits per heavy atom. The topological polar surface area (TPSA) is 41.6 Å². The summed E-state index contributed by atoms with van der Waals surface area (Å²) in [6, 6.07) is 0.809. The van der Waals surface area contributed by atoms with Crippen LogP contribution >= 0.6 is 0 Å². The molecule has 1 atom stereocenters. The Labute approximate surface area is 117 Å². The summed E-state index contributed by atoms with van der Waals surface area (Å²) in [5.74, 6) is -0.133. The van der Waals surface area contributed by atoms with Gasteiger partial charge in [-0.25, -0.2) is 0 Å². The second-order valence-corrected chi connectivity index (χ2v) is 5.67. The largest absolute Gasteiger partial charge is 0.465 e. The van der Waals surface area contributed by atoms with Gasteiger partial charge < -0.3 is 15.0 Å². The van der Waals surface area contributed by atoms with Gasteiger partial charge in [-0.2, -0.15) is 0 Å². The van der Waals surface area contributed by atoms with Crippen molar-refractivity contribution in [2.75, 3.05) is 26.7 Å². The first-order valence-electron chi connectivity index (χ1n) is 7.67. The molecule has 1 fully saturated rings. The average molecular weight is 270 g/mol. The first kappa shape index (κ1) is 16.4. The molecule has 0 aromatic rings. The van der Waals surface area contributed by atoms with Gasteiger partial charge in [0.2, 0.25) is 0 Å². The smallest absolute Gasteiger partial charge is 0.326 e. The Morgan fingerprint density at radius 3 is 2.53 bits per heavy atom. The van der Waals surface area contributed by atoms with Crippen LogP contribution in [0.25, 0.3) is 0 Å². The first-order chi connectivity index (χ1) is 9.07. The monoisotopic (exact) mass is 270 g/mol. The van der Waals surface area contributed by atoms with E-state index in [0.717, 1.165) is 25.4 Å². The van der Waals surface area contributed by atoms with Gasteiger partial charge in [-0.1, -0.05) is 6.92 Å². The maximum absolute atomic E-state index is 11.9. The molecule has 4 heteroatoms. The summed E-state index contributed by atoms with van der Waals surface area (Å²) in [6.45, 7) is 8.73. The molecular formula is C15H30N2O2. The fourth-order valence-corrected chi connectivity index (χ4v) is 2.46. The maximum Gasteiger partial charge on any atom is 0.326 e. The fraction of sp³-hybridized carbons (Fsp3) is 0.933. The van der Waals surface area contributed by atoms with Crippen LogP contribution < -0.4 is 5.32 Å². The van der Waals surface area contributed by atoms with Crippen molar-refractivity contribution < 1.29 is 9.53 Å². The molecule has 1 N–H and O–H groups in total. The molecule has 1 rings (SSSR count). The van der Waals surface area contributed by atoms with E-state index in [1.54, 1.807) is 0 Å². The molecule has 0 aromatic carbocycles. The number of hydrogen-bond acceptors (Lipinski definition) is 4. The molecule has 1 saturated carbocycles. The van der Waals surface area contributed by atoms with E-state index in [0.29, 0.717) is 6.61 Å². The van der Waals surface area contributed by atoms with E-state index < -0.39 is 5.54 Å². The van der Waals surface area contributed by atoms with Crippen molar-refractivity contribution in [3.8, 4) is 0 Å². The van der Waals surface area contributed by atoms with Crippen molar-refractivity contribution in [1.29, 1.82) is 0 Å². The molecule has 0 spiro atoms. The van der Waals surface area contributed by atoms with E-state index in [4.69, 9.17) is 4.74 Å². The summed E-state index contributed by atoms with van der Waals surface area (Å²) in [6.07, 6.45) is 5.77. The van der Waals surface area contributed by atoms with Crippen LogP contribution in [0.3, 0.4) is 0 Å². The van der Waals surface area contributed by atoms with Crippen LogP contribution in [0.2, 0.25) is 0 Å². The lowest BCUT2D eigenvalue weighted by atomic mass is 9.96. The zero-order chi connectivity index (χ0) is 14.3. The van der Waals surface area contributed by atoms with Gasteiger partial charge in [0.15, 0.2) is 0 Å². The van der Waals surface area contributed by atoms with E-state index in [1.165, 1.54) is 25.8 Å². The second-order valence-electron chi connectivity index (χ2n) is 5.67. The van der Waals surface area contributed by atoms with Crippen LogP contribution in [0.1, 0.15) is 52.9 Å². The van der Waals surface area contributed by atoms with Crippen LogP contribution in [0.5, 0.6) is 0 Å². The lowest BCUT2D eigenvalue weighted by Gasteiger charge is -2.28. The van der Waals surface area contributed by atoms with Gasteiger partial charge in [-0.3, -0.25) is 4.79 Å². The number of hydrogen-bond donors (Lipinski definition) is 1. The number of ether oxygens (including phenoxy) is 1. The van der Waals surface area contributed by atoms with Crippen LogP contribution in [-0.2, 0) is 9.53 Å². The summed E-state index contributed by atoms with van der Waals surface area (Å²) in [5.41, 5.74) is -0.544. The predicted molar refractivity (Wildman–Crippen MR) is 78.2 cm³/mol. The number of rotatable bonds is 10. The molecule has 4 nitrogen and oxygen atoms in total. The highest BCUT2D eigenvalue weighted by Crippen LogP contribution is 2.27. The predicted octanol–water partition coefficient (Wildman–Crippen LogP) is 2.18. The van der Waals surface area contributed by atoms with Crippen molar-refractivity contribution in [2.45, 2.75) is 64.5 Å². The molecule has 0 aliphatic heterocycles. The average Bonchev–Trinajstić information content (AvgIpc) is 3.22. The molecular weight excluding hydrogens is 240 g/mol. The minimum absolute atomic E-state index is 0.133. The van der Waals surface area contributed by atoms with Crippen LogP contribution in [0.4, 0.5) is 0 Å². The van der Waals surface area contributed by atoms with Crippen LogP contribution in [0.15, 0.2) is 0 Å². The Balaban J connectivity index is 2.37. The molecule has 19 heavy (non-hydrogen) atoms. The summed E-state index contributed by atoms with van der Waals surface area (Å²) in [4.78, 5) is 14.5. The molecule has 0 bridgehead atoms. The summed E-state index contributed by atoms with van der Waals surface area (Å²) < 4.78 is 5.15. The van der Waals surface area contributed by atoms with Crippen molar-refractivity contribution in [3.63, 3.8) is 0 Å². The lowest BCUT2D eigenvalue weighted by molar-refractivity contribution is -0.150. The highest BCUT2D eigenvalue weighted by atomic mass is 16.5. The zero-order valence-corrected chi connectivity index (χ0v) is 13.0. The van der Waals surface area contributed by atoms with Crippen LogP contribution in [-0.4, -0.2) is 49.2 Å².